The number of carboxylic acids is 1. The number of fused-ring (bicyclic) bond motifs is 1. The number of hydrogen-bond acceptors (Lipinski definition) is 4. The molecular weight excluding hydrogens is 432 g/mol. The molecule has 0 bridgehead atoms. The largest absolute Gasteiger partial charge is 0.496 e. The molecule has 1 amide bonds. The minimum atomic E-state index is -0.978. The molecule has 1 N–H and O–H groups in total. The molecule has 3 aromatic rings. The molecule has 0 saturated carbocycles. The second-order valence-electron chi connectivity index (χ2n) is 8.73. The summed E-state index contributed by atoms with van der Waals surface area (Å²) < 4.78 is 7.81. The monoisotopic (exact) mass is 464 g/mol. The number of ketones is 1. The van der Waals surface area contributed by atoms with Crippen molar-refractivity contribution in [2.45, 2.75) is 46.1 Å². The molecule has 0 aliphatic rings. The number of aryl methyl sites for hydroxylation is 2. The number of carbonyl (C=O) groups is 3. The Morgan fingerprint density at radius 3 is 2.44 bits per heavy atom. The Morgan fingerprint density at radius 2 is 1.82 bits per heavy atom. The molecular formula is C27H32N2O5. The highest BCUT2D eigenvalue weighted by molar-refractivity contribution is 6.35. The van der Waals surface area contributed by atoms with E-state index < -0.39 is 17.7 Å². The van der Waals surface area contributed by atoms with Crippen LogP contribution in [-0.2, 0) is 29.0 Å². The number of aromatic carboxylic acids is 1. The molecule has 1 aromatic heterocycles. The number of likely N-dealkylation sites (N-methyl/N-ethyl adjacent to an activating group) is 1. The van der Waals surface area contributed by atoms with Crippen molar-refractivity contribution in [2.24, 2.45) is 0 Å². The zero-order chi connectivity index (χ0) is 25.0. The van der Waals surface area contributed by atoms with Gasteiger partial charge in [0.25, 0.3) is 5.91 Å². The Labute approximate surface area is 199 Å². The summed E-state index contributed by atoms with van der Waals surface area (Å²) in [5.41, 5.74) is 4.95. The Balaban J connectivity index is 1.98. The van der Waals surface area contributed by atoms with Crippen LogP contribution in [0.4, 0.5) is 0 Å². The predicted octanol–water partition coefficient (Wildman–Crippen LogP) is 4.25. The standard InChI is InChI=1S/C27H32N2O5/c1-6-13-29-16-20(15-19-9-10-21(27(32)33)17(2)25(19)34-5)22-14-18(7-11-23(22)29)8-12-24(30)26(31)28(3)4/h7,9-11,14,16H,6,8,12-13,15H2,1-5H3,(H,32,33). The number of amides is 1. The number of methoxy groups -OCH3 is 1. The van der Waals surface area contributed by atoms with Crippen molar-refractivity contribution < 1.29 is 24.2 Å². The average molecular weight is 465 g/mol. The van der Waals surface area contributed by atoms with E-state index in [1.807, 2.05) is 12.1 Å². The fraction of sp³-hybridized carbons (Fsp3) is 0.370. The summed E-state index contributed by atoms with van der Waals surface area (Å²) in [6, 6.07) is 9.61. The Hall–Kier alpha value is -3.61. The van der Waals surface area contributed by atoms with Crippen molar-refractivity contribution in [3.05, 3.63) is 64.3 Å². The minimum Gasteiger partial charge on any atom is -0.496 e. The lowest BCUT2D eigenvalue weighted by Crippen LogP contribution is -2.29. The third-order valence-corrected chi connectivity index (χ3v) is 6.08. The second kappa shape index (κ2) is 10.5. The van der Waals surface area contributed by atoms with E-state index in [9.17, 15) is 19.5 Å². The van der Waals surface area contributed by atoms with Crippen molar-refractivity contribution in [1.29, 1.82) is 0 Å². The van der Waals surface area contributed by atoms with E-state index in [2.05, 4.69) is 29.8 Å². The van der Waals surface area contributed by atoms with Crippen molar-refractivity contribution in [3.8, 4) is 5.75 Å². The highest BCUT2D eigenvalue weighted by Crippen LogP contribution is 2.32. The van der Waals surface area contributed by atoms with E-state index in [0.717, 1.165) is 40.6 Å². The molecule has 0 aliphatic heterocycles. The zero-order valence-corrected chi connectivity index (χ0v) is 20.5. The van der Waals surface area contributed by atoms with Gasteiger partial charge in [0.15, 0.2) is 0 Å². The van der Waals surface area contributed by atoms with Gasteiger partial charge >= 0.3 is 5.97 Å². The molecule has 7 heteroatoms. The summed E-state index contributed by atoms with van der Waals surface area (Å²) in [5, 5.41) is 10.5. The van der Waals surface area contributed by atoms with Gasteiger partial charge in [0, 0.05) is 56.1 Å². The summed E-state index contributed by atoms with van der Waals surface area (Å²) >= 11 is 0. The minimum absolute atomic E-state index is 0.164. The Bertz CT molecular complexity index is 1240. The summed E-state index contributed by atoms with van der Waals surface area (Å²) in [5.74, 6) is -1.27. The highest BCUT2D eigenvalue weighted by Gasteiger charge is 2.19. The van der Waals surface area contributed by atoms with Gasteiger partial charge < -0.3 is 19.3 Å². The van der Waals surface area contributed by atoms with E-state index in [1.54, 1.807) is 34.2 Å². The van der Waals surface area contributed by atoms with E-state index in [-0.39, 0.29) is 12.0 Å². The van der Waals surface area contributed by atoms with Crippen LogP contribution in [-0.4, -0.2) is 53.4 Å². The molecule has 34 heavy (non-hydrogen) atoms. The molecule has 0 unspecified atom stereocenters. The van der Waals surface area contributed by atoms with Gasteiger partial charge in [-0.1, -0.05) is 19.1 Å². The smallest absolute Gasteiger partial charge is 0.336 e. The molecule has 7 nitrogen and oxygen atoms in total. The number of nitrogens with zero attached hydrogens (tertiary/aromatic N) is 2. The first-order valence-corrected chi connectivity index (χ1v) is 11.4. The van der Waals surface area contributed by atoms with Gasteiger partial charge in [-0.3, -0.25) is 9.59 Å². The maximum Gasteiger partial charge on any atom is 0.336 e. The van der Waals surface area contributed by atoms with Gasteiger partial charge in [0.2, 0.25) is 5.78 Å². The lowest BCUT2D eigenvalue weighted by molar-refractivity contribution is -0.142. The van der Waals surface area contributed by atoms with Crippen molar-refractivity contribution >= 4 is 28.6 Å². The fourth-order valence-corrected chi connectivity index (χ4v) is 4.36. The number of rotatable bonds is 10. The van der Waals surface area contributed by atoms with Crippen LogP contribution in [0.3, 0.4) is 0 Å². The molecule has 180 valence electrons. The van der Waals surface area contributed by atoms with Crippen LogP contribution in [0.25, 0.3) is 10.9 Å². The first kappa shape index (κ1) is 25.0. The first-order valence-electron chi connectivity index (χ1n) is 11.4. The van der Waals surface area contributed by atoms with Crippen LogP contribution in [0.1, 0.15) is 52.4 Å². The lowest BCUT2D eigenvalue weighted by atomic mass is 9.97. The zero-order valence-electron chi connectivity index (χ0n) is 20.5. The molecule has 0 radical (unpaired) electrons. The number of carbonyl (C=O) groups excluding carboxylic acids is 2. The Kier molecular flexibility index (Phi) is 7.76. The molecule has 0 saturated heterocycles. The van der Waals surface area contributed by atoms with Gasteiger partial charge in [-0.25, -0.2) is 4.79 Å². The molecule has 1 heterocycles. The number of aromatic nitrogens is 1. The molecule has 0 fully saturated rings. The topological polar surface area (TPSA) is 88.8 Å². The van der Waals surface area contributed by atoms with Crippen LogP contribution >= 0.6 is 0 Å². The fourth-order valence-electron chi connectivity index (χ4n) is 4.36. The van der Waals surface area contributed by atoms with Crippen LogP contribution in [0.15, 0.2) is 36.5 Å². The summed E-state index contributed by atoms with van der Waals surface area (Å²) in [7, 11) is 4.71. The molecule has 0 spiro atoms. The van der Waals surface area contributed by atoms with E-state index >= 15 is 0 Å². The molecule has 0 aliphatic carbocycles. The summed E-state index contributed by atoms with van der Waals surface area (Å²) in [6.07, 6.45) is 4.36. The first-order chi connectivity index (χ1) is 16.2. The van der Waals surface area contributed by atoms with E-state index in [4.69, 9.17) is 4.74 Å². The third-order valence-electron chi connectivity index (χ3n) is 6.08. The lowest BCUT2D eigenvalue weighted by Gasteiger charge is -2.13. The SMILES string of the molecule is CCCn1cc(Cc2ccc(C(=O)O)c(C)c2OC)c2cc(CCC(=O)C(=O)N(C)C)ccc21. The third kappa shape index (κ3) is 5.14. The molecule has 0 atom stereocenters. The predicted molar refractivity (Wildman–Crippen MR) is 132 cm³/mol. The average Bonchev–Trinajstić information content (AvgIpc) is 3.13. The number of benzene rings is 2. The van der Waals surface area contributed by atoms with Crippen LogP contribution in [0.2, 0.25) is 0 Å². The van der Waals surface area contributed by atoms with Crippen molar-refractivity contribution in [1.82, 2.24) is 9.47 Å². The van der Waals surface area contributed by atoms with Crippen molar-refractivity contribution in [3.63, 3.8) is 0 Å². The van der Waals surface area contributed by atoms with Crippen molar-refractivity contribution in [2.75, 3.05) is 21.2 Å². The normalized spacial score (nSPS) is 11.0. The quantitative estimate of drug-likeness (QED) is 0.453. The van der Waals surface area contributed by atoms with Gasteiger partial charge in [0.1, 0.15) is 5.75 Å². The van der Waals surface area contributed by atoms with Gasteiger partial charge in [-0.2, -0.15) is 0 Å². The number of Topliss-reactive ketones (excluding diaryl/α,β-unsaturated/α-hetero) is 1. The summed E-state index contributed by atoms with van der Waals surface area (Å²) in [6.45, 7) is 4.76. The maximum atomic E-state index is 12.1. The van der Waals surface area contributed by atoms with E-state index in [1.165, 1.54) is 4.90 Å². The highest BCUT2D eigenvalue weighted by atomic mass is 16.5. The van der Waals surface area contributed by atoms with Gasteiger partial charge in [-0.15, -0.1) is 0 Å². The van der Waals surface area contributed by atoms with Gasteiger partial charge in [-0.05, 0) is 54.7 Å². The van der Waals surface area contributed by atoms with Gasteiger partial charge in [0.05, 0.1) is 12.7 Å². The van der Waals surface area contributed by atoms with E-state index in [0.29, 0.717) is 24.2 Å². The van der Waals surface area contributed by atoms with Crippen LogP contribution in [0.5, 0.6) is 5.75 Å². The molecule has 3 rings (SSSR count). The number of ether oxygens (including phenoxy) is 1. The van der Waals surface area contributed by atoms with Crippen LogP contribution in [0, 0.1) is 6.92 Å². The Morgan fingerprint density at radius 1 is 1.09 bits per heavy atom. The van der Waals surface area contributed by atoms with Crippen LogP contribution < -0.4 is 4.74 Å². The number of carboxylic acid groups (broad SMARTS) is 1. The molecule has 2 aromatic carbocycles. The number of hydrogen-bond donors (Lipinski definition) is 1. The second-order valence-corrected chi connectivity index (χ2v) is 8.73. The summed E-state index contributed by atoms with van der Waals surface area (Å²) in [4.78, 5) is 36.9. The maximum absolute atomic E-state index is 12.1.